The van der Waals surface area contributed by atoms with Crippen molar-refractivity contribution in [3.63, 3.8) is 0 Å². The van der Waals surface area contributed by atoms with Gasteiger partial charge in [-0.3, -0.25) is 9.78 Å². The van der Waals surface area contributed by atoms with Crippen LogP contribution in [-0.2, 0) is 17.9 Å². The van der Waals surface area contributed by atoms with Crippen LogP contribution in [-0.4, -0.2) is 20.7 Å². The lowest BCUT2D eigenvalue weighted by Crippen LogP contribution is -2.26. The summed E-state index contributed by atoms with van der Waals surface area (Å²) in [6, 6.07) is 16.6. The third-order valence-corrected chi connectivity index (χ3v) is 4.57. The van der Waals surface area contributed by atoms with Crippen LogP contribution in [0.2, 0.25) is 0 Å². The van der Waals surface area contributed by atoms with Crippen molar-refractivity contribution < 1.29 is 9.53 Å². The number of pyridine rings is 1. The second-order valence-corrected chi connectivity index (χ2v) is 6.49. The number of aromatic nitrogens is 3. The van der Waals surface area contributed by atoms with Crippen molar-refractivity contribution >= 4 is 27.6 Å². The Bertz CT molecular complexity index is 1230. The quantitative estimate of drug-likeness (QED) is 0.499. The Labute approximate surface area is 161 Å². The number of hydrogen-bond donors (Lipinski definition) is 0. The molecule has 0 radical (unpaired) electrons. The van der Waals surface area contributed by atoms with Crippen molar-refractivity contribution in [2.75, 3.05) is 0 Å². The SMILES string of the molecule is CCCn1nc(C(=O)OCc2cccc3cccnc23)c2ccccc2c1=O. The fourth-order valence-corrected chi connectivity index (χ4v) is 3.24. The van der Waals surface area contributed by atoms with Gasteiger partial charge in [0.15, 0.2) is 5.69 Å². The van der Waals surface area contributed by atoms with Crippen LogP contribution < -0.4 is 5.56 Å². The molecule has 0 aliphatic rings. The van der Waals surface area contributed by atoms with Crippen LogP contribution in [0, 0.1) is 0 Å². The molecule has 0 amide bonds. The van der Waals surface area contributed by atoms with Gasteiger partial charge in [0.2, 0.25) is 0 Å². The first-order valence-electron chi connectivity index (χ1n) is 9.18. The first-order valence-corrected chi connectivity index (χ1v) is 9.18. The van der Waals surface area contributed by atoms with Gasteiger partial charge in [0.05, 0.1) is 10.9 Å². The Hall–Kier alpha value is -3.54. The fourth-order valence-electron chi connectivity index (χ4n) is 3.24. The van der Waals surface area contributed by atoms with E-state index in [-0.39, 0.29) is 17.9 Å². The van der Waals surface area contributed by atoms with Gasteiger partial charge in [-0.2, -0.15) is 5.10 Å². The highest BCUT2D eigenvalue weighted by molar-refractivity contribution is 6.02. The lowest BCUT2D eigenvalue weighted by Gasteiger charge is -2.11. The number of esters is 1. The third kappa shape index (κ3) is 3.24. The molecule has 0 aliphatic carbocycles. The molecule has 0 saturated heterocycles. The number of benzene rings is 2. The number of rotatable bonds is 5. The maximum atomic E-state index is 12.8. The number of ether oxygens (including phenoxy) is 1. The Morgan fingerprint density at radius 1 is 1.04 bits per heavy atom. The van der Waals surface area contributed by atoms with Gasteiger partial charge in [0.1, 0.15) is 6.61 Å². The molecule has 0 fully saturated rings. The van der Waals surface area contributed by atoms with Crippen molar-refractivity contribution in [2.24, 2.45) is 0 Å². The molecule has 6 heteroatoms. The van der Waals surface area contributed by atoms with Crippen molar-refractivity contribution in [1.82, 2.24) is 14.8 Å². The summed E-state index contributed by atoms with van der Waals surface area (Å²) in [7, 11) is 0. The van der Waals surface area contributed by atoms with E-state index < -0.39 is 5.97 Å². The first-order chi connectivity index (χ1) is 13.7. The summed E-state index contributed by atoms with van der Waals surface area (Å²) < 4.78 is 6.88. The molecule has 0 aliphatic heterocycles. The average molecular weight is 373 g/mol. The van der Waals surface area contributed by atoms with Gasteiger partial charge in [-0.1, -0.05) is 49.4 Å². The van der Waals surface area contributed by atoms with Crippen LogP contribution in [0.4, 0.5) is 0 Å². The Morgan fingerprint density at radius 2 is 1.82 bits per heavy atom. The van der Waals surface area contributed by atoms with Gasteiger partial charge in [-0.05, 0) is 18.6 Å². The molecule has 28 heavy (non-hydrogen) atoms. The Morgan fingerprint density at radius 3 is 2.64 bits per heavy atom. The monoisotopic (exact) mass is 373 g/mol. The summed E-state index contributed by atoms with van der Waals surface area (Å²) >= 11 is 0. The van der Waals surface area contributed by atoms with Crippen molar-refractivity contribution in [2.45, 2.75) is 26.5 Å². The summed E-state index contributed by atoms with van der Waals surface area (Å²) in [6.07, 6.45) is 2.45. The zero-order chi connectivity index (χ0) is 19.5. The largest absolute Gasteiger partial charge is 0.456 e. The Kier molecular flexibility index (Phi) is 4.85. The van der Waals surface area contributed by atoms with Gasteiger partial charge < -0.3 is 4.74 Å². The minimum absolute atomic E-state index is 0.0795. The van der Waals surface area contributed by atoms with Crippen LogP contribution in [0.25, 0.3) is 21.7 Å². The second kappa shape index (κ2) is 7.60. The predicted molar refractivity (Wildman–Crippen MR) is 107 cm³/mol. The van der Waals surface area contributed by atoms with Crippen LogP contribution >= 0.6 is 0 Å². The van der Waals surface area contributed by atoms with Gasteiger partial charge in [0.25, 0.3) is 5.56 Å². The minimum Gasteiger partial charge on any atom is -0.456 e. The molecule has 4 aromatic rings. The molecule has 2 aromatic heterocycles. The number of aryl methyl sites for hydroxylation is 1. The first kappa shape index (κ1) is 17.9. The van der Waals surface area contributed by atoms with E-state index in [9.17, 15) is 9.59 Å². The van der Waals surface area contributed by atoms with Crippen molar-refractivity contribution in [3.05, 3.63) is 82.4 Å². The topological polar surface area (TPSA) is 74.1 Å². The standard InChI is InChI=1S/C22H19N3O3/c1-2-13-25-21(26)18-11-4-3-10-17(18)20(24-25)22(27)28-14-16-8-5-7-15-9-6-12-23-19(15)16/h3-12H,2,13-14H2,1H3. The zero-order valence-electron chi connectivity index (χ0n) is 15.5. The maximum absolute atomic E-state index is 12.8. The lowest BCUT2D eigenvalue weighted by molar-refractivity contribution is 0.0466. The van der Waals surface area contributed by atoms with Crippen LogP contribution in [0.3, 0.4) is 0 Å². The van der Waals surface area contributed by atoms with Gasteiger partial charge in [0, 0.05) is 29.1 Å². The molecular weight excluding hydrogens is 354 g/mol. The second-order valence-electron chi connectivity index (χ2n) is 6.49. The van der Waals surface area contributed by atoms with Gasteiger partial charge in [-0.15, -0.1) is 0 Å². The normalized spacial score (nSPS) is 11.0. The number of carbonyl (C=O) groups is 1. The summed E-state index contributed by atoms with van der Waals surface area (Å²) in [5.41, 5.74) is 1.56. The number of para-hydroxylation sites is 1. The smallest absolute Gasteiger partial charge is 0.359 e. The fraction of sp³-hybridized carbons (Fsp3) is 0.182. The molecule has 0 atom stereocenters. The lowest BCUT2D eigenvalue weighted by atomic mass is 10.1. The van der Waals surface area contributed by atoms with Crippen molar-refractivity contribution in [3.8, 4) is 0 Å². The van der Waals surface area contributed by atoms with Crippen LogP contribution in [0.1, 0.15) is 29.4 Å². The van der Waals surface area contributed by atoms with E-state index in [1.165, 1.54) is 4.68 Å². The van der Waals surface area contributed by atoms with E-state index in [1.54, 1.807) is 30.5 Å². The van der Waals surface area contributed by atoms with E-state index in [0.29, 0.717) is 17.3 Å². The third-order valence-electron chi connectivity index (χ3n) is 4.57. The van der Waals surface area contributed by atoms with Crippen LogP contribution in [0.15, 0.2) is 65.6 Å². The molecule has 0 saturated carbocycles. The van der Waals surface area contributed by atoms with Crippen LogP contribution in [0.5, 0.6) is 0 Å². The maximum Gasteiger partial charge on any atom is 0.359 e. The molecule has 0 bridgehead atoms. The molecule has 140 valence electrons. The number of hydrogen-bond acceptors (Lipinski definition) is 5. The summed E-state index contributed by atoms with van der Waals surface area (Å²) in [5.74, 6) is -0.561. The van der Waals surface area contributed by atoms with E-state index >= 15 is 0 Å². The summed E-state index contributed by atoms with van der Waals surface area (Å²) in [4.78, 5) is 29.8. The molecule has 0 unspecified atom stereocenters. The number of carbonyl (C=O) groups excluding carboxylic acids is 1. The number of nitrogens with zero attached hydrogens (tertiary/aromatic N) is 3. The predicted octanol–water partition coefficient (Wildman–Crippen LogP) is 3.71. The van der Waals surface area contributed by atoms with E-state index in [1.807, 2.05) is 37.3 Å². The molecule has 0 N–H and O–H groups in total. The summed E-state index contributed by atoms with van der Waals surface area (Å²) in [5, 5.41) is 6.22. The van der Waals surface area contributed by atoms with Gasteiger partial charge in [-0.25, -0.2) is 9.48 Å². The van der Waals surface area contributed by atoms with Gasteiger partial charge >= 0.3 is 5.97 Å². The average Bonchev–Trinajstić information content (AvgIpc) is 2.74. The highest BCUT2D eigenvalue weighted by Crippen LogP contribution is 2.19. The highest BCUT2D eigenvalue weighted by Gasteiger charge is 2.18. The van der Waals surface area contributed by atoms with E-state index in [4.69, 9.17) is 4.74 Å². The molecular formula is C22H19N3O3. The molecule has 0 spiro atoms. The minimum atomic E-state index is -0.561. The molecule has 2 aromatic carbocycles. The highest BCUT2D eigenvalue weighted by atomic mass is 16.5. The van der Waals surface area contributed by atoms with E-state index in [0.717, 1.165) is 22.9 Å². The molecule has 6 nitrogen and oxygen atoms in total. The number of fused-ring (bicyclic) bond motifs is 2. The van der Waals surface area contributed by atoms with E-state index in [2.05, 4.69) is 10.1 Å². The molecule has 2 heterocycles. The summed E-state index contributed by atoms with van der Waals surface area (Å²) in [6.45, 7) is 2.47. The Balaban J connectivity index is 1.69. The zero-order valence-corrected chi connectivity index (χ0v) is 15.5. The van der Waals surface area contributed by atoms with Crippen molar-refractivity contribution in [1.29, 1.82) is 0 Å². The molecule has 4 rings (SSSR count).